The van der Waals surface area contributed by atoms with Gasteiger partial charge in [-0.05, 0) is 30.9 Å². The smallest absolute Gasteiger partial charge is 0.228 e. The molecule has 1 N–H and O–H groups in total. The van der Waals surface area contributed by atoms with Crippen LogP contribution in [0.4, 0.5) is 5.00 Å². The van der Waals surface area contributed by atoms with Crippen LogP contribution >= 0.6 is 11.3 Å². The lowest BCUT2D eigenvalue weighted by molar-refractivity contribution is -0.119. The van der Waals surface area contributed by atoms with Crippen molar-refractivity contribution < 1.29 is 9.59 Å². The van der Waals surface area contributed by atoms with E-state index in [1.165, 1.54) is 5.56 Å². The molecule has 16 heavy (non-hydrogen) atoms. The van der Waals surface area contributed by atoms with E-state index >= 15 is 0 Å². The molecule has 1 heterocycles. The van der Waals surface area contributed by atoms with Gasteiger partial charge in [-0.2, -0.15) is 0 Å². The number of carbonyl (C=O) groups is 2. The van der Waals surface area contributed by atoms with Crippen LogP contribution in [0.3, 0.4) is 0 Å². The fourth-order valence-electron chi connectivity index (χ4n) is 2.00. The Morgan fingerprint density at radius 3 is 2.94 bits per heavy atom. The second kappa shape index (κ2) is 3.70. The highest BCUT2D eigenvalue weighted by molar-refractivity contribution is 7.16. The Hall–Kier alpha value is -1.16. The monoisotopic (exact) mass is 235 g/mol. The number of fused-ring (bicyclic) bond motifs is 1. The first kappa shape index (κ1) is 10.0. The highest BCUT2D eigenvalue weighted by Crippen LogP contribution is 2.34. The van der Waals surface area contributed by atoms with Crippen molar-refractivity contribution in [2.45, 2.75) is 32.1 Å². The summed E-state index contributed by atoms with van der Waals surface area (Å²) in [6.07, 6.45) is 4.09. The largest absolute Gasteiger partial charge is 0.317 e. The van der Waals surface area contributed by atoms with Crippen LogP contribution in [0.5, 0.6) is 0 Å². The van der Waals surface area contributed by atoms with E-state index in [0.717, 1.165) is 29.1 Å². The van der Waals surface area contributed by atoms with Crippen molar-refractivity contribution in [3.63, 3.8) is 0 Å². The van der Waals surface area contributed by atoms with Crippen LogP contribution in [0.2, 0.25) is 0 Å². The summed E-state index contributed by atoms with van der Waals surface area (Å²) in [6, 6.07) is 2.03. The number of nitrogens with one attached hydrogen (secondary N) is 1. The maximum atomic E-state index is 11.6. The van der Waals surface area contributed by atoms with Crippen LogP contribution < -0.4 is 5.32 Å². The van der Waals surface area contributed by atoms with Gasteiger partial charge in [-0.3, -0.25) is 9.59 Å². The van der Waals surface area contributed by atoms with Crippen molar-refractivity contribution in [2.24, 2.45) is 5.92 Å². The van der Waals surface area contributed by atoms with Crippen molar-refractivity contribution in [3.05, 3.63) is 16.5 Å². The van der Waals surface area contributed by atoms with Crippen LogP contribution in [0.15, 0.2) is 6.07 Å². The van der Waals surface area contributed by atoms with Crippen LogP contribution in [0, 0.1) is 5.92 Å². The molecule has 3 rings (SSSR count). The number of carbonyl (C=O) groups excluding carboxylic acids is 2. The number of thiophene rings is 1. The molecule has 1 fully saturated rings. The molecule has 2 aliphatic carbocycles. The van der Waals surface area contributed by atoms with Crippen LogP contribution in [0.25, 0.3) is 0 Å². The van der Waals surface area contributed by atoms with E-state index in [1.54, 1.807) is 11.3 Å². The number of anilines is 1. The Labute approximate surface area is 97.9 Å². The molecule has 0 saturated heterocycles. The second-order valence-corrected chi connectivity index (χ2v) is 5.67. The van der Waals surface area contributed by atoms with Gasteiger partial charge in [0.25, 0.3) is 0 Å². The lowest BCUT2D eigenvalue weighted by atomic mass is 9.98. The molecule has 84 valence electrons. The minimum absolute atomic E-state index is 0.143. The molecule has 1 amide bonds. The van der Waals surface area contributed by atoms with E-state index in [-0.39, 0.29) is 11.8 Å². The topological polar surface area (TPSA) is 46.2 Å². The van der Waals surface area contributed by atoms with Crippen molar-refractivity contribution in [3.8, 4) is 0 Å². The third kappa shape index (κ3) is 1.89. The van der Waals surface area contributed by atoms with Crippen molar-refractivity contribution in [1.29, 1.82) is 0 Å². The van der Waals surface area contributed by atoms with Crippen LogP contribution in [-0.2, 0) is 22.4 Å². The third-order valence-corrected chi connectivity index (χ3v) is 4.21. The van der Waals surface area contributed by atoms with Gasteiger partial charge in [0.15, 0.2) is 0 Å². The van der Waals surface area contributed by atoms with Crippen molar-refractivity contribution >= 4 is 28.0 Å². The maximum Gasteiger partial charge on any atom is 0.228 e. The number of hydrogen-bond donors (Lipinski definition) is 1. The fraction of sp³-hybridized carbons (Fsp3) is 0.500. The predicted octanol–water partition coefficient (Wildman–Crippen LogP) is 2.15. The van der Waals surface area contributed by atoms with Gasteiger partial charge in [0.05, 0.1) is 5.00 Å². The molecule has 1 saturated carbocycles. The Balaban J connectivity index is 1.76. The first-order chi connectivity index (χ1) is 7.72. The summed E-state index contributed by atoms with van der Waals surface area (Å²) in [5.74, 6) is 0.695. The molecule has 0 aromatic carbocycles. The lowest BCUT2D eigenvalue weighted by Gasteiger charge is -2.07. The quantitative estimate of drug-likeness (QED) is 0.853. The zero-order valence-electron chi connectivity index (χ0n) is 8.91. The molecular formula is C12H13NO2S. The molecule has 4 heteroatoms. The minimum atomic E-state index is 0.143. The van der Waals surface area contributed by atoms with E-state index in [0.29, 0.717) is 18.6 Å². The Bertz CT molecular complexity index is 460. The van der Waals surface area contributed by atoms with Crippen molar-refractivity contribution in [1.82, 2.24) is 0 Å². The van der Waals surface area contributed by atoms with Gasteiger partial charge in [-0.25, -0.2) is 0 Å². The molecule has 1 aromatic rings. The summed E-state index contributed by atoms with van der Waals surface area (Å²) in [5, 5.41) is 3.86. The zero-order chi connectivity index (χ0) is 11.1. The van der Waals surface area contributed by atoms with Gasteiger partial charge in [0, 0.05) is 23.6 Å². The van der Waals surface area contributed by atoms with Gasteiger partial charge in [0.2, 0.25) is 5.91 Å². The van der Waals surface area contributed by atoms with Gasteiger partial charge in [-0.1, -0.05) is 0 Å². The summed E-state index contributed by atoms with van der Waals surface area (Å²) in [7, 11) is 0. The Morgan fingerprint density at radius 1 is 1.38 bits per heavy atom. The average molecular weight is 235 g/mol. The average Bonchev–Trinajstić information content (AvgIpc) is 3.00. The fourth-order valence-corrected chi connectivity index (χ4v) is 3.14. The normalized spacial score (nSPS) is 19.4. The molecule has 2 aliphatic rings. The predicted molar refractivity (Wildman–Crippen MR) is 62.7 cm³/mol. The highest BCUT2D eigenvalue weighted by atomic mass is 32.1. The first-order valence-electron chi connectivity index (χ1n) is 5.66. The van der Waals surface area contributed by atoms with E-state index in [9.17, 15) is 9.59 Å². The van der Waals surface area contributed by atoms with Crippen LogP contribution in [0.1, 0.15) is 29.7 Å². The molecule has 0 spiro atoms. The first-order valence-corrected chi connectivity index (χ1v) is 6.48. The second-order valence-electron chi connectivity index (χ2n) is 4.54. The Morgan fingerprint density at radius 2 is 2.19 bits per heavy atom. The van der Waals surface area contributed by atoms with E-state index in [2.05, 4.69) is 5.32 Å². The molecule has 0 atom stereocenters. The van der Waals surface area contributed by atoms with Gasteiger partial charge >= 0.3 is 0 Å². The van der Waals surface area contributed by atoms with E-state index < -0.39 is 0 Å². The van der Waals surface area contributed by atoms with Crippen LogP contribution in [-0.4, -0.2) is 11.7 Å². The number of Topliss-reactive ketones (excluding diaryl/α,β-unsaturated/α-hetero) is 1. The maximum absolute atomic E-state index is 11.6. The van der Waals surface area contributed by atoms with E-state index in [4.69, 9.17) is 0 Å². The lowest BCUT2D eigenvalue weighted by Crippen LogP contribution is -2.12. The molecule has 0 aliphatic heterocycles. The number of aryl methyl sites for hydroxylation is 1. The molecule has 0 unspecified atom stereocenters. The third-order valence-electron chi connectivity index (χ3n) is 3.12. The van der Waals surface area contributed by atoms with Crippen molar-refractivity contribution in [2.75, 3.05) is 5.32 Å². The number of amides is 1. The molecule has 3 nitrogen and oxygen atoms in total. The molecule has 0 radical (unpaired) electrons. The number of rotatable bonds is 2. The highest BCUT2D eigenvalue weighted by Gasteiger charge is 2.30. The summed E-state index contributed by atoms with van der Waals surface area (Å²) in [6.45, 7) is 0. The standard InChI is InChI=1S/C12H13NO2S/c14-9-4-3-8-5-11(16-10(8)6-9)13-12(15)7-1-2-7/h5,7H,1-4,6H2,(H,13,15). The number of hydrogen-bond acceptors (Lipinski definition) is 3. The minimum Gasteiger partial charge on any atom is -0.317 e. The SMILES string of the molecule is O=C1CCc2cc(NC(=O)C3CC3)sc2C1. The van der Waals surface area contributed by atoms with E-state index in [1.807, 2.05) is 6.07 Å². The summed E-state index contributed by atoms with van der Waals surface area (Å²) in [4.78, 5) is 24.0. The van der Waals surface area contributed by atoms with Gasteiger partial charge in [0.1, 0.15) is 5.78 Å². The molecular weight excluding hydrogens is 222 g/mol. The summed E-state index contributed by atoms with van der Waals surface area (Å²) in [5.41, 5.74) is 1.25. The molecule has 0 bridgehead atoms. The van der Waals surface area contributed by atoms with Gasteiger partial charge < -0.3 is 5.32 Å². The summed E-state index contributed by atoms with van der Waals surface area (Å²) < 4.78 is 0. The molecule has 1 aromatic heterocycles. The zero-order valence-corrected chi connectivity index (χ0v) is 9.73. The Kier molecular flexibility index (Phi) is 2.32. The summed E-state index contributed by atoms with van der Waals surface area (Å²) >= 11 is 1.56. The van der Waals surface area contributed by atoms with Gasteiger partial charge in [-0.15, -0.1) is 11.3 Å². The number of ketones is 1.